The zero-order valence-electron chi connectivity index (χ0n) is 10.6. The first-order valence-corrected chi connectivity index (χ1v) is 7.47. The summed E-state index contributed by atoms with van der Waals surface area (Å²) < 4.78 is 6.19. The highest BCUT2D eigenvalue weighted by molar-refractivity contribution is 9.10. The fraction of sp³-hybridized carbons (Fsp3) is 0.571. The van der Waals surface area contributed by atoms with Gasteiger partial charge in [0.2, 0.25) is 0 Å². The van der Waals surface area contributed by atoms with Crippen molar-refractivity contribution < 1.29 is 4.74 Å². The first-order chi connectivity index (χ1) is 8.63. The molecule has 0 atom stereocenters. The van der Waals surface area contributed by atoms with E-state index in [-0.39, 0.29) is 5.41 Å². The molecule has 0 unspecified atom stereocenters. The maximum Gasteiger partial charge on any atom is 0.0738 e. The van der Waals surface area contributed by atoms with Gasteiger partial charge in [0.25, 0.3) is 0 Å². The zero-order valence-corrected chi connectivity index (χ0v) is 13.0. The number of methoxy groups -OCH3 is 1. The van der Waals surface area contributed by atoms with Crippen molar-refractivity contribution in [1.82, 2.24) is 0 Å². The van der Waals surface area contributed by atoms with Crippen molar-refractivity contribution in [3.8, 4) is 0 Å². The minimum absolute atomic E-state index is 0.123. The van der Waals surface area contributed by atoms with Crippen molar-refractivity contribution >= 4 is 27.5 Å². The molecule has 4 heteroatoms. The molecule has 1 aromatic carbocycles. The van der Waals surface area contributed by atoms with Gasteiger partial charge in [-0.15, -0.1) is 0 Å². The van der Waals surface area contributed by atoms with Gasteiger partial charge in [-0.1, -0.05) is 40.4 Å². The minimum atomic E-state index is 0.123. The van der Waals surface area contributed by atoms with Crippen molar-refractivity contribution in [2.75, 3.05) is 13.7 Å². The third kappa shape index (κ3) is 2.60. The van der Waals surface area contributed by atoms with Crippen LogP contribution in [0.4, 0.5) is 0 Å². The van der Waals surface area contributed by atoms with Crippen LogP contribution in [0, 0.1) is 0 Å². The van der Waals surface area contributed by atoms with Gasteiger partial charge in [-0.25, -0.2) is 0 Å². The monoisotopic (exact) mass is 331 g/mol. The molecule has 2 rings (SSSR count). The molecule has 2 N–H and O–H groups in total. The lowest BCUT2D eigenvalue weighted by Gasteiger charge is -2.29. The molecule has 1 aliphatic rings. The van der Waals surface area contributed by atoms with E-state index < -0.39 is 0 Å². The zero-order chi connectivity index (χ0) is 13.2. The van der Waals surface area contributed by atoms with Crippen LogP contribution in [-0.4, -0.2) is 13.7 Å². The van der Waals surface area contributed by atoms with Crippen molar-refractivity contribution in [3.05, 3.63) is 32.8 Å². The standard InChI is InChI=1S/C14H19BrClNO/c1-18-8-11-12(15)6-10(7-13(11)16)14(9-17)4-2-3-5-14/h6-7H,2-5,8-9,17H2,1H3. The Morgan fingerprint density at radius 2 is 2.06 bits per heavy atom. The molecule has 0 heterocycles. The Kier molecular flexibility index (Phi) is 4.70. The number of halogens is 2. The minimum Gasteiger partial charge on any atom is -0.380 e. The van der Waals surface area contributed by atoms with Gasteiger partial charge in [-0.05, 0) is 30.5 Å². The van der Waals surface area contributed by atoms with E-state index in [2.05, 4.69) is 28.1 Å². The molecule has 0 bridgehead atoms. The van der Waals surface area contributed by atoms with Crippen molar-refractivity contribution in [2.24, 2.45) is 5.73 Å². The van der Waals surface area contributed by atoms with Crippen LogP contribution < -0.4 is 5.73 Å². The SMILES string of the molecule is COCc1c(Cl)cc(C2(CN)CCCC2)cc1Br. The van der Waals surface area contributed by atoms with Crippen LogP contribution in [0.2, 0.25) is 5.02 Å². The molecule has 18 heavy (non-hydrogen) atoms. The Morgan fingerprint density at radius 1 is 1.39 bits per heavy atom. The summed E-state index contributed by atoms with van der Waals surface area (Å²) in [5.41, 5.74) is 8.41. The number of rotatable bonds is 4. The molecule has 1 aromatic rings. The summed E-state index contributed by atoms with van der Waals surface area (Å²) in [5.74, 6) is 0. The summed E-state index contributed by atoms with van der Waals surface area (Å²) >= 11 is 9.95. The Labute approximate surface area is 122 Å². The van der Waals surface area contributed by atoms with E-state index in [1.807, 2.05) is 0 Å². The summed E-state index contributed by atoms with van der Waals surface area (Å²) in [4.78, 5) is 0. The second kappa shape index (κ2) is 5.91. The van der Waals surface area contributed by atoms with E-state index in [1.54, 1.807) is 7.11 Å². The maximum atomic E-state index is 6.36. The van der Waals surface area contributed by atoms with Crippen molar-refractivity contribution in [1.29, 1.82) is 0 Å². The van der Waals surface area contributed by atoms with Gasteiger partial charge in [-0.2, -0.15) is 0 Å². The highest BCUT2D eigenvalue weighted by Crippen LogP contribution is 2.42. The fourth-order valence-corrected chi connectivity index (χ4v) is 3.82. The summed E-state index contributed by atoms with van der Waals surface area (Å²) in [6.45, 7) is 1.22. The molecule has 0 aliphatic heterocycles. The van der Waals surface area contributed by atoms with Crippen LogP contribution in [0.5, 0.6) is 0 Å². The number of ether oxygens (including phenoxy) is 1. The van der Waals surface area contributed by atoms with Crippen LogP contribution in [-0.2, 0) is 16.8 Å². The molecule has 0 aromatic heterocycles. The van der Waals surface area contributed by atoms with Crippen LogP contribution in [0.25, 0.3) is 0 Å². The van der Waals surface area contributed by atoms with E-state index in [0.717, 1.165) is 27.9 Å². The molecular formula is C14H19BrClNO. The van der Waals surface area contributed by atoms with Gasteiger partial charge < -0.3 is 10.5 Å². The van der Waals surface area contributed by atoms with Gasteiger partial charge in [-0.3, -0.25) is 0 Å². The van der Waals surface area contributed by atoms with E-state index in [0.29, 0.717) is 13.2 Å². The molecule has 0 radical (unpaired) electrons. The van der Waals surface area contributed by atoms with E-state index in [4.69, 9.17) is 22.1 Å². The summed E-state index contributed by atoms with van der Waals surface area (Å²) in [7, 11) is 1.68. The third-order valence-corrected chi connectivity index (χ3v) is 5.04. The topological polar surface area (TPSA) is 35.2 Å². The molecular weight excluding hydrogens is 314 g/mol. The second-order valence-corrected chi connectivity index (χ2v) is 6.30. The molecule has 1 fully saturated rings. The average molecular weight is 333 g/mol. The van der Waals surface area contributed by atoms with Crippen molar-refractivity contribution in [3.63, 3.8) is 0 Å². The fourth-order valence-electron chi connectivity index (χ4n) is 2.85. The average Bonchev–Trinajstić information content (AvgIpc) is 2.83. The van der Waals surface area contributed by atoms with E-state index >= 15 is 0 Å². The maximum absolute atomic E-state index is 6.36. The first kappa shape index (κ1) is 14.3. The lowest BCUT2D eigenvalue weighted by atomic mass is 9.79. The predicted molar refractivity (Wildman–Crippen MR) is 79.1 cm³/mol. The van der Waals surface area contributed by atoms with Crippen LogP contribution in [0.1, 0.15) is 36.8 Å². The lowest BCUT2D eigenvalue weighted by molar-refractivity contribution is 0.184. The molecule has 100 valence electrons. The Morgan fingerprint density at radius 3 is 2.56 bits per heavy atom. The molecule has 0 spiro atoms. The smallest absolute Gasteiger partial charge is 0.0738 e. The van der Waals surface area contributed by atoms with Crippen molar-refractivity contribution in [2.45, 2.75) is 37.7 Å². The van der Waals surface area contributed by atoms with E-state index in [1.165, 1.54) is 18.4 Å². The normalized spacial score (nSPS) is 18.2. The molecule has 1 aliphatic carbocycles. The largest absolute Gasteiger partial charge is 0.380 e. The molecule has 0 saturated heterocycles. The number of benzene rings is 1. The van der Waals surface area contributed by atoms with Gasteiger partial charge in [0.05, 0.1) is 6.61 Å². The van der Waals surface area contributed by atoms with Crippen LogP contribution in [0.15, 0.2) is 16.6 Å². The Hall–Kier alpha value is -0.0900. The van der Waals surface area contributed by atoms with Gasteiger partial charge in [0.15, 0.2) is 0 Å². The first-order valence-electron chi connectivity index (χ1n) is 6.30. The Balaban J connectivity index is 2.40. The predicted octanol–water partition coefficient (Wildman–Crippen LogP) is 4.02. The molecule has 1 saturated carbocycles. The van der Waals surface area contributed by atoms with Crippen LogP contribution >= 0.6 is 27.5 Å². The van der Waals surface area contributed by atoms with Gasteiger partial charge in [0, 0.05) is 34.1 Å². The second-order valence-electron chi connectivity index (χ2n) is 5.04. The lowest BCUT2D eigenvalue weighted by Crippen LogP contribution is -2.32. The number of hydrogen-bond donors (Lipinski definition) is 1. The number of hydrogen-bond acceptors (Lipinski definition) is 2. The Bertz CT molecular complexity index is 407. The van der Waals surface area contributed by atoms with Crippen LogP contribution in [0.3, 0.4) is 0 Å². The highest BCUT2D eigenvalue weighted by Gasteiger charge is 2.34. The number of nitrogens with two attached hydrogens (primary N) is 1. The third-order valence-electron chi connectivity index (χ3n) is 3.99. The summed E-state index contributed by atoms with van der Waals surface area (Å²) in [6.07, 6.45) is 4.84. The molecule has 0 amide bonds. The van der Waals surface area contributed by atoms with Gasteiger partial charge in [0.1, 0.15) is 0 Å². The van der Waals surface area contributed by atoms with E-state index in [9.17, 15) is 0 Å². The highest BCUT2D eigenvalue weighted by atomic mass is 79.9. The summed E-state index contributed by atoms with van der Waals surface area (Å²) in [6, 6.07) is 4.23. The molecule has 2 nitrogen and oxygen atoms in total. The summed E-state index contributed by atoms with van der Waals surface area (Å²) in [5, 5.41) is 0.765. The quantitative estimate of drug-likeness (QED) is 0.904. The van der Waals surface area contributed by atoms with Gasteiger partial charge >= 0.3 is 0 Å².